The van der Waals surface area contributed by atoms with Crippen LogP contribution in [0.15, 0.2) is 60.7 Å². The minimum atomic E-state index is -4.68. The molecule has 1 aliphatic rings. The maximum absolute atomic E-state index is 14.8. The first-order valence-electron chi connectivity index (χ1n) is 12.9. The van der Waals surface area contributed by atoms with Crippen molar-refractivity contribution in [1.82, 2.24) is 0 Å². The second-order valence-corrected chi connectivity index (χ2v) is 9.98. The number of alkyl halides is 6. The lowest BCUT2D eigenvalue weighted by Gasteiger charge is -2.29. The van der Waals surface area contributed by atoms with Gasteiger partial charge >= 0.3 is 12.3 Å². The molecule has 0 amide bonds. The molecule has 0 radical (unpaired) electrons. The first-order chi connectivity index (χ1) is 18.5. The number of unbranched alkanes of at least 4 members (excludes halogenated alkanes) is 1. The number of halogens is 8. The van der Waals surface area contributed by atoms with Gasteiger partial charge in [0.1, 0.15) is 22.9 Å². The Labute approximate surface area is 221 Å². The van der Waals surface area contributed by atoms with Crippen molar-refractivity contribution in [3.8, 4) is 16.9 Å². The van der Waals surface area contributed by atoms with Crippen LogP contribution < -0.4 is 4.74 Å². The lowest BCUT2D eigenvalue weighted by atomic mass is 9.77. The van der Waals surface area contributed by atoms with Crippen molar-refractivity contribution in [2.45, 2.75) is 63.1 Å². The van der Waals surface area contributed by atoms with Crippen LogP contribution >= 0.6 is 0 Å². The third kappa shape index (κ3) is 7.11. The summed E-state index contributed by atoms with van der Waals surface area (Å²) >= 11 is 0. The number of rotatable bonds is 9. The van der Waals surface area contributed by atoms with Crippen LogP contribution in [-0.4, -0.2) is 6.67 Å². The van der Waals surface area contributed by atoms with Gasteiger partial charge in [-0.3, -0.25) is 4.39 Å². The smallest absolute Gasteiger partial charge is 0.429 e. The summed E-state index contributed by atoms with van der Waals surface area (Å²) in [5, 5.41) is 0. The minimum Gasteiger partial charge on any atom is -0.429 e. The van der Waals surface area contributed by atoms with E-state index in [2.05, 4.69) is 4.74 Å². The Bertz CT molecular complexity index is 1200. The van der Waals surface area contributed by atoms with Crippen LogP contribution in [0.1, 0.15) is 67.6 Å². The maximum Gasteiger partial charge on any atom is 0.432 e. The van der Waals surface area contributed by atoms with Gasteiger partial charge in [0.25, 0.3) is 0 Å². The Kier molecular flexibility index (Phi) is 8.86. The van der Waals surface area contributed by atoms with E-state index in [0.717, 1.165) is 56.2 Å². The Hall–Kier alpha value is -3.10. The quantitative estimate of drug-likeness (QED) is 0.188. The highest BCUT2D eigenvalue weighted by atomic mass is 19.4. The zero-order valence-corrected chi connectivity index (χ0v) is 21.0. The van der Waals surface area contributed by atoms with E-state index in [4.69, 9.17) is 0 Å². The molecular formula is C30H28F8O. The molecule has 1 saturated carbocycles. The van der Waals surface area contributed by atoms with E-state index < -0.39 is 40.8 Å². The highest BCUT2D eigenvalue weighted by Gasteiger charge is 2.41. The summed E-state index contributed by atoms with van der Waals surface area (Å²) in [6.07, 6.45) is -2.45. The van der Waals surface area contributed by atoms with Crippen LogP contribution in [0.5, 0.6) is 5.75 Å². The first-order valence-corrected chi connectivity index (χ1v) is 12.9. The molecule has 1 nitrogen and oxygen atoms in total. The molecular weight excluding hydrogens is 528 g/mol. The summed E-state index contributed by atoms with van der Waals surface area (Å²) in [6, 6.07) is 11.0. The second-order valence-electron chi connectivity index (χ2n) is 9.98. The van der Waals surface area contributed by atoms with Gasteiger partial charge in [-0.2, -0.15) is 22.0 Å². The number of hydrogen-bond donors (Lipinski definition) is 0. The monoisotopic (exact) mass is 556 g/mol. The molecule has 0 bridgehead atoms. The molecule has 0 aliphatic heterocycles. The zero-order chi connectivity index (χ0) is 28.2. The lowest BCUT2D eigenvalue weighted by molar-refractivity contribution is -0.189. The largest absolute Gasteiger partial charge is 0.432 e. The first kappa shape index (κ1) is 28.9. The fourth-order valence-corrected chi connectivity index (χ4v) is 5.19. The molecule has 9 heteroatoms. The van der Waals surface area contributed by atoms with Gasteiger partial charge in [-0.25, -0.2) is 8.78 Å². The Morgan fingerprint density at radius 1 is 0.718 bits per heavy atom. The topological polar surface area (TPSA) is 9.23 Å². The van der Waals surface area contributed by atoms with Gasteiger partial charge in [-0.05, 0) is 97.0 Å². The number of benzene rings is 3. The van der Waals surface area contributed by atoms with Crippen LogP contribution in [0, 0.1) is 17.6 Å². The van der Waals surface area contributed by atoms with Crippen molar-refractivity contribution in [2.75, 3.05) is 6.67 Å². The third-order valence-electron chi connectivity index (χ3n) is 7.32. The molecule has 0 saturated heterocycles. The van der Waals surface area contributed by atoms with Crippen LogP contribution in [0.3, 0.4) is 0 Å². The molecule has 0 atom stereocenters. The van der Waals surface area contributed by atoms with Gasteiger partial charge in [-0.15, -0.1) is 0 Å². The molecule has 4 rings (SSSR count). The predicted molar refractivity (Wildman–Crippen MR) is 132 cm³/mol. The van der Waals surface area contributed by atoms with E-state index in [1.54, 1.807) is 12.1 Å². The lowest BCUT2D eigenvalue weighted by Crippen LogP contribution is -2.25. The van der Waals surface area contributed by atoms with Gasteiger partial charge in [-0.1, -0.05) is 37.1 Å². The summed E-state index contributed by atoms with van der Waals surface area (Å²) < 4.78 is 114. The van der Waals surface area contributed by atoms with Gasteiger partial charge < -0.3 is 4.74 Å². The molecule has 210 valence electrons. The highest BCUT2D eigenvalue weighted by Crippen LogP contribution is 2.40. The van der Waals surface area contributed by atoms with Crippen LogP contribution in [-0.2, 0) is 12.3 Å². The van der Waals surface area contributed by atoms with E-state index in [1.165, 1.54) is 0 Å². The van der Waals surface area contributed by atoms with Crippen molar-refractivity contribution in [1.29, 1.82) is 0 Å². The van der Waals surface area contributed by atoms with Crippen LogP contribution in [0.4, 0.5) is 35.1 Å². The predicted octanol–water partition coefficient (Wildman–Crippen LogP) is 10.2. The molecule has 0 unspecified atom stereocenters. The van der Waals surface area contributed by atoms with Crippen molar-refractivity contribution in [3.63, 3.8) is 0 Å². The summed E-state index contributed by atoms with van der Waals surface area (Å²) in [5.74, 6) is -2.80. The van der Waals surface area contributed by atoms with E-state index in [9.17, 15) is 35.1 Å². The van der Waals surface area contributed by atoms with E-state index >= 15 is 0 Å². The zero-order valence-electron chi connectivity index (χ0n) is 21.0. The normalized spacial score (nSPS) is 18.3. The molecule has 39 heavy (non-hydrogen) atoms. The maximum atomic E-state index is 14.8. The van der Waals surface area contributed by atoms with Crippen molar-refractivity contribution < 1.29 is 39.9 Å². The average Bonchev–Trinajstić information content (AvgIpc) is 2.88. The molecule has 1 fully saturated rings. The van der Waals surface area contributed by atoms with Crippen molar-refractivity contribution in [2.24, 2.45) is 5.92 Å². The third-order valence-corrected chi connectivity index (χ3v) is 7.32. The Morgan fingerprint density at radius 3 is 1.85 bits per heavy atom. The minimum absolute atomic E-state index is 0.0576. The van der Waals surface area contributed by atoms with E-state index in [-0.39, 0.29) is 12.2 Å². The van der Waals surface area contributed by atoms with E-state index in [1.807, 2.05) is 12.1 Å². The van der Waals surface area contributed by atoms with Gasteiger partial charge in [0.05, 0.1) is 12.2 Å². The standard InChI is InChI=1S/C30H28F8O/c31-16-2-1-3-19-4-6-20(7-5-19)21-8-10-22(11-9-21)23-17-26(32)28(27(33)18-23)30(37,38)39-25-14-12-24(13-15-25)29(34,35)36/h8-15,17-20H,1-7,16H2. The summed E-state index contributed by atoms with van der Waals surface area (Å²) in [7, 11) is 0. The summed E-state index contributed by atoms with van der Waals surface area (Å²) in [6.45, 7) is -0.281. The van der Waals surface area contributed by atoms with Crippen LogP contribution in [0.25, 0.3) is 11.1 Å². The molecule has 3 aromatic carbocycles. The number of hydrogen-bond acceptors (Lipinski definition) is 1. The molecule has 0 N–H and O–H groups in total. The van der Waals surface area contributed by atoms with Crippen molar-refractivity contribution >= 4 is 0 Å². The van der Waals surface area contributed by atoms with Crippen LogP contribution in [0.2, 0.25) is 0 Å². The summed E-state index contributed by atoms with van der Waals surface area (Å²) in [4.78, 5) is 0. The Morgan fingerprint density at radius 2 is 1.31 bits per heavy atom. The SMILES string of the molecule is FCCCCC1CCC(c2ccc(-c3cc(F)c(C(F)(F)Oc4ccc(C(F)(F)F)cc4)c(F)c3)cc2)CC1. The molecule has 1 aliphatic carbocycles. The number of ether oxygens (including phenoxy) is 1. The second kappa shape index (κ2) is 12.0. The van der Waals surface area contributed by atoms with E-state index in [0.29, 0.717) is 48.1 Å². The molecule has 3 aromatic rings. The molecule has 0 heterocycles. The molecule has 0 spiro atoms. The van der Waals surface area contributed by atoms with Gasteiger partial charge in [0, 0.05) is 0 Å². The molecule has 0 aromatic heterocycles. The summed E-state index contributed by atoms with van der Waals surface area (Å²) in [5.41, 5.74) is -1.12. The van der Waals surface area contributed by atoms with Gasteiger partial charge in [0.15, 0.2) is 0 Å². The van der Waals surface area contributed by atoms with Crippen molar-refractivity contribution in [3.05, 3.63) is 89.0 Å². The average molecular weight is 557 g/mol. The fourth-order valence-electron chi connectivity index (χ4n) is 5.19. The fraction of sp³-hybridized carbons (Fsp3) is 0.400. The van der Waals surface area contributed by atoms with Gasteiger partial charge in [0.2, 0.25) is 0 Å². The Balaban J connectivity index is 1.44. The highest BCUT2D eigenvalue weighted by molar-refractivity contribution is 5.64.